The topological polar surface area (TPSA) is 117 Å². The molecular weight excluding hydrogens is 444 g/mol. The fourth-order valence-corrected chi connectivity index (χ4v) is 4.56. The molecule has 0 aliphatic heterocycles. The van der Waals surface area contributed by atoms with Crippen LogP contribution in [0, 0.1) is 0 Å². The van der Waals surface area contributed by atoms with E-state index in [9.17, 15) is 18.3 Å². The Labute approximate surface area is 193 Å². The molecule has 2 N–H and O–H groups in total. The number of carboxylic acids is 1. The molecule has 3 rings (SSSR count). The van der Waals surface area contributed by atoms with Crippen molar-refractivity contribution in [3.8, 4) is 5.75 Å². The van der Waals surface area contributed by atoms with Crippen LogP contribution in [0.15, 0.2) is 78.0 Å². The second kappa shape index (κ2) is 10.1. The first-order valence-electron chi connectivity index (χ1n) is 10.2. The predicted molar refractivity (Wildman–Crippen MR) is 122 cm³/mol. The molecule has 0 radical (unpaired) electrons. The van der Waals surface area contributed by atoms with Crippen LogP contribution in [0.3, 0.4) is 0 Å². The van der Waals surface area contributed by atoms with Gasteiger partial charge in [0.25, 0.3) is 0 Å². The summed E-state index contributed by atoms with van der Waals surface area (Å²) in [4.78, 5) is 14.8. The molecule has 0 amide bonds. The molecule has 33 heavy (non-hydrogen) atoms. The Morgan fingerprint density at radius 1 is 1.03 bits per heavy atom. The Bertz CT molecular complexity index is 1190. The summed E-state index contributed by atoms with van der Waals surface area (Å²) in [5.74, 6) is -0.765. The third-order valence-electron chi connectivity index (χ3n) is 4.91. The van der Waals surface area contributed by atoms with Gasteiger partial charge >= 0.3 is 5.97 Å². The van der Waals surface area contributed by atoms with Crippen molar-refractivity contribution in [2.75, 3.05) is 6.61 Å². The third-order valence-corrected chi connectivity index (χ3v) is 6.69. The van der Waals surface area contributed by atoms with Crippen LogP contribution in [0.2, 0.25) is 0 Å². The lowest BCUT2D eigenvalue weighted by Gasteiger charge is -2.23. The standard InChI is InChI=1S/C24H26N2O6S/c1-24(2,29)20-10-8-18(9-11-20)15-26(33(30,31)22-7-4-12-25-14-22)16-19-5-3-6-21(13-19)32-17-23(27)28/h3-14,29H,15-17H2,1-2H3,(H,27,28). The van der Waals surface area contributed by atoms with Crippen molar-refractivity contribution in [2.24, 2.45) is 0 Å². The van der Waals surface area contributed by atoms with Gasteiger partial charge in [-0.05, 0) is 54.8 Å². The number of hydrogen-bond acceptors (Lipinski definition) is 6. The largest absolute Gasteiger partial charge is 0.482 e. The summed E-state index contributed by atoms with van der Waals surface area (Å²) in [5.41, 5.74) is 1.10. The highest BCUT2D eigenvalue weighted by molar-refractivity contribution is 7.89. The Morgan fingerprint density at radius 3 is 2.33 bits per heavy atom. The van der Waals surface area contributed by atoms with Crippen molar-refractivity contribution in [1.29, 1.82) is 0 Å². The van der Waals surface area contributed by atoms with Crippen molar-refractivity contribution >= 4 is 16.0 Å². The van der Waals surface area contributed by atoms with E-state index < -0.39 is 28.2 Å². The van der Waals surface area contributed by atoms with Crippen LogP contribution in [0.4, 0.5) is 0 Å². The molecule has 3 aromatic rings. The van der Waals surface area contributed by atoms with E-state index in [1.165, 1.54) is 22.8 Å². The molecule has 1 aromatic heterocycles. The lowest BCUT2D eigenvalue weighted by molar-refractivity contribution is -0.139. The molecule has 0 atom stereocenters. The average molecular weight is 471 g/mol. The minimum absolute atomic E-state index is 0.0365. The van der Waals surface area contributed by atoms with E-state index in [0.717, 1.165) is 11.1 Å². The lowest BCUT2D eigenvalue weighted by Crippen LogP contribution is -2.30. The first kappa shape index (κ1) is 24.4. The molecule has 1 heterocycles. The summed E-state index contributed by atoms with van der Waals surface area (Å²) in [6, 6.07) is 16.8. The number of carboxylic acid groups (broad SMARTS) is 1. The molecule has 0 saturated carbocycles. The number of aromatic nitrogens is 1. The zero-order valence-corrected chi connectivity index (χ0v) is 19.2. The van der Waals surface area contributed by atoms with Gasteiger partial charge in [-0.3, -0.25) is 4.98 Å². The van der Waals surface area contributed by atoms with Gasteiger partial charge in [-0.15, -0.1) is 0 Å². The van der Waals surface area contributed by atoms with Crippen LogP contribution in [0.25, 0.3) is 0 Å². The number of aliphatic carboxylic acids is 1. The van der Waals surface area contributed by atoms with E-state index in [4.69, 9.17) is 9.84 Å². The predicted octanol–water partition coefficient (Wildman–Crippen LogP) is 3.16. The Morgan fingerprint density at radius 2 is 1.73 bits per heavy atom. The summed E-state index contributed by atoms with van der Waals surface area (Å²) >= 11 is 0. The number of benzene rings is 2. The molecule has 0 bridgehead atoms. The lowest BCUT2D eigenvalue weighted by atomic mass is 9.97. The Kier molecular flexibility index (Phi) is 7.47. The quantitative estimate of drug-likeness (QED) is 0.467. The third kappa shape index (κ3) is 6.61. The summed E-state index contributed by atoms with van der Waals surface area (Å²) in [5, 5.41) is 19.0. The number of rotatable bonds is 10. The van der Waals surface area contributed by atoms with Gasteiger partial charge in [0.05, 0.1) is 5.60 Å². The summed E-state index contributed by atoms with van der Waals surface area (Å²) in [7, 11) is -3.89. The molecule has 0 aliphatic carbocycles. The summed E-state index contributed by atoms with van der Waals surface area (Å²) < 4.78 is 33.3. The Hall–Kier alpha value is -3.27. The van der Waals surface area contributed by atoms with Gasteiger partial charge in [0.15, 0.2) is 6.61 Å². The van der Waals surface area contributed by atoms with Crippen LogP contribution >= 0.6 is 0 Å². The average Bonchev–Trinajstić information content (AvgIpc) is 2.78. The van der Waals surface area contributed by atoms with E-state index in [-0.39, 0.29) is 18.0 Å². The van der Waals surface area contributed by atoms with Crippen LogP contribution in [-0.4, -0.2) is 40.5 Å². The first-order valence-corrected chi connectivity index (χ1v) is 11.7. The fourth-order valence-electron chi connectivity index (χ4n) is 3.18. The molecule has 0 fully saturated rings. The van der Waals surface area contributed by atoms with Crippen molar-refractivity contribution in [3.05, 3.63) is 89.7 Å². The number of ether oxygens (including phenoxy) is 1. The van der Waals surface area contributed by atoms with Gasteiger partial charge in [-0.2, -0.15) is 4.31 Å². The van der Waals surface area contributed by atoms with Crippen LogP contribution in [-0.2, 0) is 33.5 Å². The maximum atomic E-state index is 13.4. The number of nitrogens with zero attached hydrogens (tertiary/aromatic N) is 2. The molecule has 0 aliphatic rings. The van der Waals surface area contributed by atoms with E-state index >= 15 is 0 Å². The number of aliphatic hydroxyl groups is 1. The number of hydrogen-bond donors (Lipinski definition) is 2. The molecule has 0 saturated heterocycles. The van der Waals surface area contributed by atoms with Crippen molar-refractivity contribution in [2.45, 2.75) is 37.4 Å². The molecule has 0 unspecified atom stereocenters. The molecule has 2 aromatic carbocycles. The zero-order valence-electron chi connectivity index (χ0n) is 18.4. The summed E-state index contributed by atoms with van der Waals surface area (Å²) in [6.07, 6.45) is 2.80. The monoisotopic (exact) mass is 470 g/mol. The minimum atomic E-state index is -3.89. The van der Waals surface area contributed by atoms with Gasteiger partial charge in [0, 0.05) is 25.5 Å². The second-order valence-electron chi connectivity index (χ2n) is 8.05. The molecule has 9 heteroatoms. The van der Waals surface area contributed by atoms with Crippen LogP contribution in [0.5, 0.6) is 5.75 Å². The summed E-state index contributed by atoms with van der Waals surface area (Å²) in [6.45, 7) is 2.99. The number of carbonyl (C=O) groups is 1. The van der Waals surface area contributed by atoms with Crippen LogP contribution in [0.1, 0.15) is 30.5 Å². The normalized spacial score (nSPS) is 12.0. The first-order chi connectivity index (χ1) is 15.6. The molecule has 0 spiro atoms. The highest BCUT2D eigenvalue weighted by Gasteiger charge is 2.26. The number of sulfonamides is 1. The van der Waals surface area contributed by atoms with Crippen LogP contribution < -0.4 is 4.74 Å². The van der Waals surface area contributed by atoms with E-state index in [0.29, 0.717) is 11.3 Å². The van der Waals surface area contributed by atoms with Gasteiger partial charge in [-0.25, -0.2) is 13.2 Å². The van der Waals surface area contributed by atoms with E-state index in [2.05, 4.69) is 4.98 Å². The highest BCUT2D eigenvalue weighted by atomic mass is 32.2. The highest BCUT2D eigenvalue weighted by Crippen LogP contribution is 2.24. The van der Waals surface area contributed by atoms with E-state index in [1.807, 2.05) is 0 Å². The van der Waals surface area contributed by atoms with Crippen molar-refractivity contribution in [3.63, 3.8) is 0 Å². The van der Waals surface area contributed by atoms with Crippen molar-refractivity contribution in [1.82, 2.24) is 9.29 Å². The molecule has 8 nitrogen and oxygen atoms in total. The smallest absolute Gasteiger partial charge is 0.341 e. The number of pyridine rings is 1. The van der Waals surface area contributed by atoms with Gasteiger partial charge in [0.2, 0.25) is 10.0 Å². The van der Waals surface area contributed by atoms with Crippen molar-refractivity contribution < 1.29 is 28.2 Å². The molecule has 174 valence electrons. The SMILES string of the molecule is CC(C)(O)c1ccc(CN(Cc2cccc(OCC(=O)O)c2)S(=O)(=O)c2cccnc2)cc1. The van der Waals surface area contributed by atoms with Gasteiger partial charge in [0.1, 0.15) is 10.6 Å². The Balaban J connectivity index is 1.91. The van der Waals surface area contributed by atoms with E-state index in [1.54, 1.807) is 68.4 Å². The maximum absolute atomic E-state index is 13.4. The van der Waals surface area contributed by atoms with Gasteiger partial charge in [-0.1, -0.05) is 36.4 Å². The second-order valence-corrected chi connectivity index (χ2v) is 9.99. The maximum Gasteiger partial charge on any atom is 0.341 e. The molecular formula is C24H26N2O6S. The minimum Gasteiger partial charge on any atom is -0.482 e. The zero-order chi connectivity index (χ0) is 24.1. The van der Waals surface area contributed by atoms with Gasteiger partial charge < -0.3 is 14.9 Å². The fraction of sp³-hybridized carbons (Fsp3) is 0.250.